The maximum Gasteiger partial charge on any atom is 0.270 e. The molecular formula is C49H63ClF2N12O6S. The van der Waals surface area contributed by atoms with Gasteiger partial charge in [0.25, 0.3) is 11.8 Å². The maximum absolute atomic E-state index is 13.9. The van der Waals surface area contributed by atoms with Crippen LogP contribution in [-0.4, -0.2) is 187 Å². The average molecular weight is 1020 g/mol. The Morgan fingerprint density at radius 2 is 1.65 bits per heavy atom. The van der Waals surface area contributed by atoms with Crippen molar-refractivity contribution in [3.05, 3.63) is 87.3 Å². The quantitative estimate of drug-likeness (QED) is 0.0924. The Morgan fingerprint density at radius 3 is 2.41 bits per heavy atom. The Hall–Kier alpha value is -5.39. The van der Waals surface area contributed by atoms with Crippen LogP contribution in [0.3, 0.4) is 0 Å². The number of rotatable bonds is 19. The van der Waals surface area contributed by atoms with Gasteiger partial charge in [-0.1, -0.05) is 35.1 Å². The van der Waals surface area contributed by atoms with E-state index in [-0.39, 0.29) is 42.4 Å². The number of benzene rings is 2. The number of thiazole rings is 1. The topological polar surface area (TPSA) is 175 Å². The van der Waals surface area contributed by atoms with Crippen LogP contribution in [0.1, 0.15) is 45.4 Å². The van der Waals surface area contributed by atoms with Crippen LogP contribution >= 0.6 is 22.9 Å². The molecule has 0 unspecified atom stereocenters. The van der Waals surface area contributed by atoms with Crippen molar-refractivity contribution < 1.29 is 37.4 Å². The molecule has 6 heterocycles. The highest BCUT2D eigenvalue weighted by molar-refractivity contribution is 7.17. The Kier molecular flexibility index (Phi) is 17.5. The largest absolute Gasteiger partial charge is 0.378 e. The molecular weight excluding hydrogens is 958 g/mol. The van der Waals surface area contributed by atoms with Crippen LogP contribution in [0, 0.1) is 25.5 Å². The van der Waals surface area contributed by atoms with Gasteiger partial charge in [0.15, 0.2) is 16.8 Å². The number of nitrogens with one attached hydrogen (secondary N) is 3. The second kappa shape index (κ2) is 23.9. The minimum absolute atomic E-state index is 0.00379. The zero-order valence-electron chi connectivity index (χ0n) is 40.9. The molecule has 18 nitrogen and oxygen atoms in total. The predicted octanol–water partition coefficient (Wildman–Crippen LogP) is 5.18. The predicted molar refractivity (Wildman–Crippen MR) is 270 cm³/mol. The van der Waals surface area contributed by atoms with Gasteiger partial charge in [-0.3, -0.25) is 24.2 Å². The first kappa shape index (κ1) is 51.9. The number of nitrogens with zero attached hydrogens (tertiary/aromatic N) is 9. The van der Waals surface area contributed by atoms with E-state index < -0.39 is 11.6 Å². The molecule has 0 radical (unpaired) electrons. The summed E-state index contributed by atoms with van der Waals surface area (Å²) in [5.74, 6) is -0.387. The second-order valence-corrected chi connectivity index (χ2v) is 19.8. The minimum Gasteiger partial charge on any atom is -0.378 e. The van der Waals surface area contributed by atoms with Crippen molar-refractivity contribution >= 4 is 74.0 Å². The molecule has 3 fully saturated rings. The molecule has 0 spiro atoms. The average Bonchev–Trinajstić information content (AvgIpc) is 3.94. The molecule has 0 bridgehead atoms. The van der Waals surface area contributed by atoms with E-state index in [2.05, 4.69) is 47.5 Å². The van der Waals surface area contributed by atoms with E-state index in [1.807, 2.05) is 43.9 Å². The zero-order valence-corrected chi connectivity index (χ0v) is 42.5. The Morgan fingerprint density at radius 1 is 0.901 bits per heavy atom. The second-order valence-electron chi connectivity index (χ2n) is 18.3. The number of carbonyl (C=O) groups excluding carboxylic acids is 3. The van der Waals surface area contributed by atoms with Gasteiger partial charge in [-0.2, -0.15) is 0 Å². The van der Waals surface area contributed by atoms with Crippen molar-refractivity contribution in [3.8, 4) is 0 Å². The summed E-state index contributed by atoms with van der Waals surface area (Å²) >= 11 is 7.53. The molecule has 5 aromatic rings. The van der Waals surface area contributed by atoms with Gasteiger partial charge in [-0.05, 0) is 51.5 Å². The van der Waals surface area contributed by atoms with Gasteiger partial charge >= 0.3 is 0 Å². The van der Waals surface area contributed by atoms with Crippen LogP contribution in [0.25, 0.3) is 10.9 Å². The molecule has 3 aromatic heterocycles. The number of carbonyl (C=O) groups is 3. The lowest BCUT2D eigenvalue weighted by Gasteiger charge is -2.43. The van der Waals surface area contributed by atoms with Crippen LogP contribution in [0.4, 0.5) is 31.2 Å². The van der Waals surface area contributed by atoms with Crippen molar-refractivity contribution in [2.45, 2.75) is 45.8 Å². The van der Waals surface area contributed by atoms with Gasteiger partial charge in [0, 0.05) is 108 Å². The first-order chi connectivity index (χ1) is 34.2. The molecule has 3 amide bonds. The summed E-state index contributed by atoms with van der Waals surface area (Å²) in [4.78, 5) is 64.6. The molecule has 0 aliphatic carbocycles. The van der Waals surface area contributed by atoms with Crippen molar-refractivity contribution in [3.63, 3.8) is 0 Å². The standard InChI is InChI=1S/C49H63ClF2N12O6S/c1-31-7-6-8-37(50)46(31)58-47(66)42-26-54-49(71-42)57-43-24-44(56-34(4)55-43)61-11-9-60(10-12-61)15-16-68-17-18-69-19-20-70-30-36-25-53-32(2)27-63(36)29-45(65)64-14-13-62(28-33(64)3)48(67)41-22-35-21-38(51)39(52)23-40(35)59(41)5/h6-8,21-24,26,32-33,36,53H,9-20,25,27-30H2,1-5H3,(H,58,66)(H,54,55,56,57)/t32-,33-,36-/m1/s1. The molecule has 0 saturated carbocycles. The lowest BCUT2D eigenvalue weighted by atomic mass is 10.1. The lowest BCUT2D eigenvalue weighted by Crippen LogP contribution is -2.61. The number of anilines is 4. The summed E-state index contributed by atoms with van der Waals surface area (Å²) in [6.45, 7) is 17.5. The highest BCUT2D eigenvalue weighted by Crippen LogP contribution is 2.29. The number of aryl methyl sites for hydroxylation is 3. The summed E-state index contributed by atoms with van der Waals surface area (Å²) in [6.07, 6.45) is 1.53. The summed E-state index contributed by atoms with van der Waals surface area (Å²) < 4.78 is 47.1. The molecule has 3 atom stereocenters. The van der Waals surface area contributed by atoms with E-state index >= 15 is 0 Å². The third-order valence-corrected chi connectivity index (χ3v) is 14.4. The van der Waals surface area contributed by atoms with Gasteiger partial charge in [0.2, 0.25) is 5.91 Å². The Balaban J connectivity index is 0.683. The lowest BCUT2D eigenvalue weighted by molar-refractivity contribution is -0.138. The van der Waals surface area contributed by atoms with Crippen molar-refractivity contribution in [1.82, 2.24) is 44.4 Å². The third kappa shape index (κ3) is 13.2. The van der Waals surface area contributed by atoms with E-state index in [0.29, 0.717) is 121 Å². The Bertz CT molecular complexity index is 2650. The van der Waals surface area contributed by atoms with E-state index in [9.17, 15) is 23.2 Å². The summed E-state index contributed by atoms with van der Waals surface area (Å²) in [5, 5.41) is 11.1. The smallest absolute Gasteiger partial charge is 0.270 e. The van der Waals surface area contributed by atoms with E-state index in [0.717, 1.165) is 56.2 Å². The number of hydrogen-bond acceptors (Lipinski definition) is 15. The van der Waals surface area contributed by atoms with Gasteiger partial charge in [0.1, 0.15) is 28.0 Å². The fourth-order valence-electron chi connectivity index (χ4n) is 9.21. The normalized spacial score (nSPS) is 19.2. The van der Waals surface area contributed by atoms with Crippen LogP contribution in [0.2, 0.25) is 5.02 Å². The summed E-state index contributed by atoms with van der Waals surface area (Å²) in [5.41, 5.74) is 2.23. The first-order valence-electron chi connectivity index (χ1n) is 24.1. The third-order valence-electron chi connectivity index (χ3n) is 13.2. The number of hydrogen-bond donors (Lipinski definition) is 3. The number of halogens is 3. The van der Waals surface area contributed by atoms with Crippen LogP contribution in [0.5, 0.6) is 0 Å². The number of aromatic nitrogens is 4. The van der Waals surface area contributed by atoms with Gasteiger partial charge < -0.3 is 49.4 Å². The van der Waals surface area contributed by atoms with Crippen LogP contribution in [0.15, 0.2) is 48.7 Å². The fourth-order valence-corrected chi connectivity index (χ4v) is 10.2. The summed E-state index contributed by atoms with van der Waals surface area (Å²) in [7, 11) is 1.66. The van der Waals surface area contributed by atoms with Crippen LogP contribution < -0.4 is 20.9 Å². The molecule has 22 heteroatoms. The number of piperazine rings is 3. The zero-order chi connectivity index (χ0) is 50.2. The number of amides is 3. The SMILES string of the molecule is Cc1nc(Nc2ncc(C(=O)Nc3c(C)cccc3Cl)s2)cc(N2CCN(CCOCCOCCOC[C@H]3CN[C@H](C)CN3CC(=O)N3CCN(C(=O)c4cc5cc(F)c(F)cc5n4C)C[C@H]3C)CC2)n1. The Labute approximate surface area is 421 Å². The monoisotopic (exact) mass is 1020 g/mol. The first-order valence-corrected chi connectivity index (χ1v) is 25.3. The molecule has 2 aromatic carbocycles. The molecule has 3 saturated heterocycles. The fraction of sp³-hybridized carbons (Fsp3) is 0.510. The van der Waals surface area contributed by atoms with E-state index in [4.69, 9.17) is 30.8 Å². The van der Waals surface area contributed by atoms with E-state index in [1.165, 1.54) is 17.5 Å². The number of fused-ring (bicyclic) bond motifs is 1. The highest BCUT2D eigenvalue weighted by atomic mass is 35.5. The van der Waals surface area contributed by atoms with Crippen molar-refractivity contribution in [1.29, 1.82) is 0 Å². The number of para-hydroxylation sites is 1. The molecule has 3 aliphatic heterocycles. The molecule has 3 N–H and O–H groups in total. The van der Waals surface area contributed by atoms with Crippen molar-refractivity contribution in [2.75, 3.05) is 127 Å². The van der Waals surface area contributed by atoms with Gasteiger partial charge in [-0.15, -0.1) is 0 Å². The minimum atomic E-state index is -0.962. The van der Waals surface area contributed by atoms with Crippen molar-refractivity contribution in [2.24, 2.45) is 7.05 Å². The molecule has 8 rings (SSSR count). The maximum atomic E-state index is 13.9. The highest BCUT2D eigenvalue weighted by Gasteiger charge is 2.34. The van der Waals surface area contributed by atoms with Crippen LogP contribution in [-0.2, 0) is 26.1 Å². The molecule has 3 aliphatic rings. The molecule has 71 heavy (non-hydrogen) atoms. The molecule has 382 valence electrons. The van der Waals surface area contributed by atoms with Gasteiger partial charge in [-0.25, -0.2) is 23.7 Å². The summed E-state index contributed by atoms with van der Waals surface area (Å²) in [6, 6.07) is 11.2. The van der Waals surface area contributed by atoms with Gasteiger partial charge in [0.05, 0.1) is 68.6 Å². The van der Waals surface area contributed by atoms with E-state index in [1.54, 1.807) is 28.6 Å². The number of ether oxygens (including phenoxy) is 3.